The van der Waals surface area contributed by atoms with Crippen LogP contribution in [0.4, 0.5) is 0 Å². The van der Waals surface area contributed by atoms with E-state index in [1.165, 1.54) is 17.3 Å². The Bertz CT molecular complexity index is 442. The number of carbonyl (C=O) groups is 1. The Labute approximate surface area is 116 Å². The fraction of sp³-hybridized carbons (Fsp3) is 0.364. The lowest BCUT2D eigenvalue weighted by atomic mass is 10.4. The summed E-state index contributed by atoms with van der Waals surface area (Å²) in [4.78, 5) is 17.4. The zero-order valence-electron chi connectivity index (χ0n) is 9.93. The second-order valence-corrected chi connectivity index (χ2v) is 4.62. The summed E-state index contributed by atoms with van der Waals surface area (Å²) in [5.41, 5.74) is 5.36. The number of carbonyl (C=O) groups excluding carboxylic acids is 1. The number of rotatable bonds is 6. The number of hydrogen-bond donors (Lipinski definition) is 1. The fourth-order valence-electron chi connectivity index (χ4n) is 1.13. The number of amides is 1. The molecule has 0 radical (unpaired) electrons. The van der Waals surface area contributed by atoms with Gasteiger partial charge in [-0.2, -0.15) is 0 Å². The van der Waals surface area contributed by atoms with Crippen molar-refractivity contribution >= 4 is 34.7 Å². The summed E-state index contributed by atoms with van der Waals surface area (Å²) in [5, 5.41) is 0.460. The molecule has 2 N–H and O–H groups in total. The maximum absolute atomic E-state index is 11.7. The molecular weight excluding hydrogens is 274 g/mol. The van der Waals surface area contributed by atoms with E-state index in [0.717, 1.165) is 0 Å². The first-order valence-electron chi connectivity index (χ1n) is 5.24. The van der Waals surface area contributed by atoms with Crippen LogP contribution in [-0.4, -0.2) is 41.0 Å². The molecule has 0 aliphatic heterocycles. The SMILES string of the molecule is CN(CCC(N)=S)C(=O)COc1cncc(Cl)c1. The molecule has 0 unspecified atom stereocenters. The van der Waals surface area contributed by atoms with Crippen LogP contribution in [0.3, 0.4) is 0 Å². The van der Waals surface area contributed by atoms with Gasteiger partial charge in [-0.25, -0.2) is 0 Å². The number of pyridine rings is 1. The average Bonchev–Trinajstić information content (AvgIpc) is 2.33. The summed E-state index contributed by atoms with van der Waals surface area (Å²) >= 11 is 10.5. The Balaban J connectivity index is 2.38. The standard InChI is InChI=1S/C11H14ClN3O2S/c1-15(3-2-10(13)18)11(16)7-17-9-4-8(12)5-14-6-9/h4-6H,2-3,7H2,1H3,(H2,13,18). The van der Waals surface area contributed by atoms with Gasteiger partial charge >= 0.3 is 0 Å². The fourth-order valence-corrected chi connectivity index (χ4v) is 1.38. The zero-order valence-corrected chi connectivity index (χ0v) is 11.5. The summed E-state index contributed by atoms with van der Waals surface area (Å²) in [6.07, 6.45) is 3.48. The molecule has 0 aliphatic carbocycles. The van der Waals surface area contributed by atoms with Crippen LogP contribution >= 0.6 is 23.8 Å². The van der Waals surface area contributed by atoms with Crippen molar-refractivity contribution in [3.05, 3.63) is 23.5 Å². The molecule has 1 heterocycles. The maximum atomic E-state index is 11.7. The molecule has 0 spiro atoms. The molecule has 7 heteroatoms. The van der Waals surface area contributed by atoms with Crippen LogP contribution in [0.5, 0.6) is 5.75 Å². The Morgan fingerprint density at radius 2 is 2.33 bits per heavy atom. The highest BCUT2D eigenvalue weighted by Gasteiger charge is 2.09. The predicted molar refractivity (Wildman–Crippen MR) is 73.8 cm³/mol. The highest BCUT2D eigenvalue weighted by molar-refractivity contribution is 7.80. The van der Waals surface area contributed by atoms with E-state index in [1.54, 1.807) is 13.1 Å². The van der Waals surface area contributed by atoms with Gasteiger partial charge in [0.1, 0.15) is 5.75 Å². The normalized spacial score (nSPS) is 9.89. The molecule has 1 aromatic heterocycles. The molecule has 0 bridgehead atoms. The van der Waals surface area contributed by atoms with Crippen LogP contribution in [0.15, 0.2) is 18.5 Å². The van der Waals surface area contributed by atoms with Gasteiger partial charge in [-0.1, -0.05) is 23.8 Å². The van der Waals surface area contributed by atoms with Gasteiger partial charge in [0, 0.05) is 32.3 Å². The third-order valence-electron chi connectivity index (χ3n) is 2.16. The first-order chi connectivity index (χ1) is 8.49. The van der Waals surface area contributed by atoms with Crippen LogP contribution in [-0.2, 0) is 4.79 Å². The summed E-state index contributed by atoms with van der Waals surface area (Å²) < 4.78 is 5.27. The molecule has 5 nitrogen and oxygen atoms in total. The van der Waals surface area contributed by atoms with E-state index in [-0.39, 0.29) is 12.5 Å². The minimum Gasteiger partial charge on any atom is -0.482 e. The Kier molecular flexibility index (Phi) is 5.80. The summed E-state index contributed by atoms with van der Waals surface area (Å²) in [5.74, 6) is 0.296. The zero-order chi connectivity index (χ0) is 13.5. The lowest BCUT2D eigenvalue weighted by Crippen LogP contribution is -2.33. The van der Waals surface area contributed by atoms with E-state index in [2.05, 4.69) is 4.98 Å². The van der Waals surface area contributed by atoms with E-state index in [1.807, 2.05) is 0 Å². The third-order valence-corrected chi connectivity index (χ3v) is 2.57. The van der Waals surface area contributed by atoms with Crippen molar-refractivity contribution in [2.45, 2.75) is 6.42 Å². The quantitative estimate of drug-likeness (QED) is 0.798. The van der Waals surface area contributed by atoms with Gasteiger partial charge in [-0.15, -0.1) is 0 Å². The maximum Gasteiger partial charge on any atom is 0.260 e. The van der Waals surface area contributed by atoms with Crippen molar-refractivity contribution in [2.24, 2.45) is 5.73 Å². The molecular formula is C11H14ClN3O2S. The van der Waals surface area contributed by atoms with Crippen LogP contribution < -0.4 is 10.5 Å². The van der Waals surface area contributed by atoms with Crippen molar-refractivity contribution in [3.63, 3.8) is 0 Å². The van der Waals surface area contributed by atoms with Gasteiger partial charge in [0.15, 0.2) is 6.61 Å². The highest BCUT2D eigenvalue weighted by Crippen LogP contribution is 2.14. The Hall–Kier alpha value is -1.40. The molecule has 0 aliphatic rings. The molecule has 0 saturated carbocycles. The topological polar surface area (TPSA) is 68.5 Å². The number of hydrogen-bond acceptors (Lipinski definition) is 4. The van der Waals surface area contributed by atoms with Crippen LogP contribution in [0.25, 0.3) is 0 Å². The van der Waals surface area contributed by atoms with Crippen LogP contribution in [0.2, 0.25) is 5.02 Å². The Morgan fingerprint density at radius 3 is 2.94 bits per heavy atom. The number of likely N-dealkylation sites (N-methyl/N-ethyl adjacent to an activating group) is 1. The number of halogens is 1. The molecule has 0 aromatic carbocycles. The van der Waals surface area contributed by atoms with Gasteiger partial charge in [0.2, 0.25) is 0 Å². The molecule has 1 amide bonds. The van der Waals surface area contributed by atoms with E-state index in [0.29, 0.717) is 28.7 Å². The summed E-state index contributed by atoms with van der Waals surface area (Å²) in [6.45, 7) is 0.404. The van der Waals surface area contributed by atoms with E-state index >= 15 is 0 Å². The molecule has 0 fully saturated rings. The van der Waals surface area contributed by atoms with Crippen LogP contribution in [0.1, 0.15) is 6.42 Å². The highest BCUT2D eigenvalue weighted by atomic mass is 35.5. The van der Waals surface area contributed by atoms with E-state index < -0.39 is 0 Å². The number of thiocarbonyl (C=S) groups is 1. The van der Waals surface area contributed by atoms with E-state index in [9.17, 15) is 4.79 Å². The predicted octanol–water partition coefficient (Wildman–Crippen LogP) is 1.25. The summed E-state index contributed by atoms with van der Waals surface area (Å²) in [7, 11) is 1.67. The van der Waals surface area contributed by atoms with E-state index in [4.69, 9.17) is 34.3 Å². The average molecular weight is 288 g/mol. The van der Waals surface area contributed by atoms with Crippen molar-refractivity contribution in [2.75, 3.05) is 20.2 Å². The third kappa shape index (κ3) is 5.29. The molecule has 1 aromatic rings. The van der Waals surface area contributed by atoms with Crippen molar-refractivity contribution in [1.82, 2.24) is 9.88 Å². The number of ether oxygens (including phenoxy) is 1. The molecule has 1 rings (SSSR count). The first kappa shape index (κ1) is 14.7. The summed E-state index contributed by atoms with van der Waals surface area (Å²) in [6, 6.07) is 1.59. The lowest BCUT2D eigenvalue weighted by molar-refractivity contribution is -0.131. The van der Waals surface area contributed by atoms with Gasteiger partial charge in [-0.05, 0) is 0 Å². The van der Waals surface area contributed by atoms with Gasteiger partial charge in [0.05, 0.1) is 16.2 Å². The Morgan fingerprint density at radius 1 is 1.61 bits per heavy atom. The number of nitrogens with zero attached hydrogens (tertiary/aromatic N) is 2. The molecule has 18 heavy (non-hydrogen) atoms. The van der Waals surface area contributed by atoms with Crippen LogP contribution in [0, 0.1) is 0 Å². The van der Waals surface area contributed by atoms with Crippen molar-refractivity contribution in [3.8, 4) is 5.75 Å². The lowest BCUT2D eigenvalue weighted by Gasteiger charge is -2.16. The van der Waals surface area contributed by atoms with Gasteiger partial charge < -0.3 is 15.4 Å². The smallest absolute Gasteiger partial charge is 0.260 e. The minimum atomic E-state index is -0.161. The second-order valence-electron chi connectivity index (χ2n) is 3.66. The van der Waals surface area contributed by atoms with Gasteiger partial charge in [0.25, 0.3) is 5.91 Å². The number of aromatic nitrogens is 1. The molecule has 98 valence electrons. The van der Waals surface area contributed by atoms with Gasteiger partial charge in [-0.3, -0.25) is 9.78 Å². The number of nitrogens with two attached hydrogens (primary N) is 1. The minimum absolute atomic E-state index is 0.0736. The second kappa shape index (κ2) is 7.13. The molecule has 0 atom stereocenters. The van der Waals surface area contributed by atoms with Crippen molar-refractivity contribution < 1.29 is 9.53 Å². The first-order valence-corrected chi connectivity index (χ1v) is 6.03. The van der Waals surface area contributed by atoms with Crippen molar-refractivity contribution in [1.29, 1.82) is 0 Å². The molecule has 0 saturated heterocycles. The monoisotopic (exact) mass is 287 g/mol. The largest absolute Gasteiger partial charge is 0.482 e.